The molecule has 2 heterocycles. The van der Waals surface area contributed by atoms with Crippen LogP contribution in [-0.4, -0.2) is 25.6 Å². The van der Waals surface area contributed by atoms with Crippen LogP contribution >= 0.6 is 0 Å². The molecule has 0 aliphatic carbocycles. The third-order valence-corrected chi connectivity index (χ3v) is 6.28. The highest BCUT2D eigenvalue weighted by molar-refractivity contribution is 5.96. The summed E-state index contributed by atoms with van der Waals surface area (Å²) in [7, 11) is 0. The summed E-state index contributed by atoms with van der Waals surface area (Å²) in [6.07, 6.45) is 3.58. The number of nitrogens with zero attached hydrogens (tertiary/aromatic N) is 3. The Hall–Kier alpha value is -4.19. The quantitative estimate of drug-likeness (QED) is 0.290. The first-order valence-corrected chi connectivity index (χ1v) is 11.8. The minimum atomic E-state index is -0.924. The molecule has 0 saturated heterocycles. The minimum Gasteiger partial charge on any atom is -0.478 e. The van der Waals surface area contributed by atoms with Gasteiger partial charge in [0.05, 0.1) is 16.6 Å². The summed E-state index contributed by atoms with van der Waals surface area (Å²) >= 11 is 0. The molecule has 0 atom stereocenters. The zero-order chi connectivity index (χ0) is 24.5. The molecule has 0 amide bonds. The fourth-order valence-electron chi connectivity index (χ4n) is 4.57. The average Bonchev–Trinajstić information content (AvgIpc) is 3.44. The van der Waals surface area contributed by atoms with E-state index in [1.165, 1.54) is 0 Å². The van der Waals surface area contributed by atoms with Crippen LogP contribution in [0.15, 0.2) is 71.3 Å². The molecular weight excluding hydrogens is 438 g/mol. The number of hydrogen-bond acceptors (Lipinski definition) is 4. The monoisotopic (exact) mass is 465 g/mol. The molecule has 1 N–H and O–H groups in total. The minimum absolute atomic E-state index is 0.303. The van der Waals surface area contributed by atoms with Gasteiger partial charge in [-0.05, 0) is 53.8 Å². The van der Waals surface area contributed by atoms with Crippen molar-refractivity contribution < 1.29 is 14.3 Å². The zero-order valence-electron chi connectivity index (χ0n) is 20.1. The first-order valence-electron chi connectivity index (χ1n) is 11.8. The molecule has 176 valence electrons. The Balaban J connectivity index is 1.54. The van der Waals surface area contributed by atoms with Crippen molar-refractivity contribution in [3.63, 3.8) is 0 Å². The summed E-state index contributed by atoms with van der Waals surface area (Å²) in [6, 6.07) is 19.5. The molecule has 3 aromatic carbocycles. The van der Waals surface area contributed by atoms with Crippen LogP contribution in [0.1, 0.15) is 46.5 Å². The van der Waals surface area contributed by atoms with E-state index in [4.69, 9.17) is 9.40 Å². The molecule has 35 heavy (non-hydrogen) atoms. The van der Waals surface area contributed by atoms with E-state index in [-0.39, 0.29) is 0 Å². The number of imidazole rings is 1. The van der Waals surface area contributed by atoms with Gasteiger partial charge in [-0.15, -0.1) is 0 Å². The molecule has 0 radical (unpaired) electrons. The van der Waals surface area contributed by atoms with E-state index in [0.717, 1.165) is 63.2 Å². The van der Waals surface area contributed by atoms with Gasteiger partial charge in [0.25, 0.3) is 0 Å². The van der Waals surface area contributed by atoms with Crippen LogP contribution in [0.5, 0.6) is 0 Å². The van der Waals surface area contributed by atoms with Gasteiger partial charge in [0.15, 0.2) is 5.89 Å². The van der Waals surface area contributed by atoms with Gasteiger partial charge in [-0.2, -0.15) is 0 Å². The Kier molecular flexibility index (Phi) is 5.95. The van der Waals surface area contributed by atoms with Crippen molar-refractivity contribution in [1.29, 1.82) is 0 Å². The maximum Gasteiger partial charge on any atom is 0.336 e. The molecule has 0 spiro atoms. The Morgan fingerprint density at radius 1 is 1.00 bits per heavy atom. The van der Waals surface area contributed by atoms with Crippen molar-refractivity contribution in [3.8, 4) is 22.4 Å². The molecule has 0 saturated carbocycles. The Bertz CT molecular complexity index is 1530. The summed E-state index contributed by atoms with van der Waals surface area (Å²) in [5, 5.41) is 9.54. The highest BCUT2D eigenvalue weighted by Crippen LogP contribution is 2.30. The van der Waals surface area contributed by atoms with Crippen LogP contribution in [0.2, 0.25) is 0 Å². The normalized spacial score (nSPS) is 11.3. The van der Waals surface area contributed by atoms with Crippen LogP contribution in [0.25, 0.3) is 33.4 Å². The summed E-state index contributed by atoms with van der Waals surface area (Å²) < 4.78 is 7.72. The lowest BCUT2D eigenvalue weighted by Crippen LogP contribution is -2.05. The van der Waals surface area contributed by atoms with E-state index >= 15 is 0 Å². The SMILES string of the molecule is CCCc1nc2c(C)cc(-c3coc(C)n3)cc2n1Cc1ccc(-c2ccccc2C(=O)O)cc1. The Morgan fingerprint density at radius 3 is 2.46 bits per heavy atom. The molecule has 0 aliphatic heterocycles. The van der Waals surface area contributed by atoms with Gasteiger partial charge in [0, 0.05) is 25.5 Å². The number of aromatic nitrogens is 3. The first kappa shape index (κ1) is 22.6. The van der Waals surface area contributed by atoms with Crippen LogP contribution in [0.4, 0.5) is 0 Å². The van der Waals surface area contributed by atoms with Crippen molar-refractivity contribution >= 4 is 17.0 Å². The Labute approximate surface area is 203 Å². The Morgan fingerprint density at radius 2 is 1.77 bits per heavy atom. The standard InChI is InChI=1S/C29H27N3O3/c1-4-7-27-31-28-18(2)14-22(25-17-35-19(3)30-25)15-26(28)32(27)16-20-10-12-21(13-11-20)23-8-5-6-9-24(23)29(33)34/h5-6,8-15,17H,4,7,16H2,1-3H3,(H,33,34). The summed E-state index contributed by atoms with van der Waals surface area (Å²) in [5.74, 6) is 0.772. The largest absolute Gasteiger partial charge is 0.478 e. The van der Waals surface area contributed by atoms with Crippen molar-refractivity contribution in [2.75, 3.05) is 0 Å². The maximum absolute atomic E-state index is 11.6. The predicted molar refractivity (Wildman–Crippen MR) is 137 cm³/mol. The second-order valence-corrected chi connectivity index (χ2v) is 8.82. The van der Waals surface area contributed by atoms with E-state index in [0.29, 0.717) is 18.0 Å². The fourth-order valence-corrected chi connectivity index (χ4v) is 4.57. The van der Waals surface area contributed by atoms with Gasteiger partial charge in [0.2, 0.25) is 0 Å². The fraction of sp³-hybridized carbons (Fsp3) is 0.207. The topological polar surface area (TPSA) is 81.2 Å². The number of fused-ring (bicyclic) bond motifs is 1. The lowest BCUT2D eigenvalue weighted by molar-refractivity contribution is 0.0697. The number of oxazole rings is 1. The molecule has 5 aromatic rings. The van der Waals surface area contributed by atoms with Crippen molar-refractivity contribution in [2.24, 2.45) is 0 Å². The third-order valence-electron chi connectivity index (χ3n) is 6.28. The number of rotatable bonds is 7. The number of carbonyl (C=O) groups is 1. The number of carboxylic acid groups (broad SMARTS) is 1. The lowest BCUT2D eigenvalue weighted by Gasteiger charge is -2.11. The van der Waals surface area contributed by atoms with Crippen LogP contribution in [0, 0.1) is 13.8 Å². The third kappa shape index (κ3) is 4.35. The van der Waals surface area contributed by atoms with Crippen molar-refractivity contribution in [2.45, 2.75) is 40.2 Å². The van der Waals surface area contributed by atoms with E-state index < -0.39 is 5.97 Å². The number of aryl methyl sites for hydroxylation is 3. The smallest absolute Gasteiger partial charge is 0.336 e. The van der Waals surface area contributed by atoms with Gasteiger partial charge in [0.1, 0.15) is 17.8 Å². The highest BCUT2D eigenvalue weighted by Gasteiger charge is 2.16. The predicted octanol–water partition coefficient (Wildman–Crippen LogP) is 6.67. The van der Waals surface area contributed by atoms with Crippen LogP contribution in [0.3, 0.4) is 0 Å². The van der Waals surface area contributed by atoms with Gasteiger partial charge >= 0.3 is 5.97 Å². The maximum atomic E-state index is 11.6. The molecular formula is C29H27N3O3. The molecule has 0 unspecified atom stereocenters. The number of aromatic carboxylic acids is 1. The van der Waals surface area contributed by atoms with Crippen molar-refractivity contribution in [1.82, 2.24) is 14.5 Å². The molecule has 6 heteroatoms. The zero-order valence-corrected chi connectivity index (χ0v) is 20.1. The molecule has 0 bridgehead atoms. The molecule has 0 aliphatic rings. The molecule has 6 nitrogen and oxygen atoms in total. The van der Waals surface area contributed by atoms with Gasteiger partial charge < -0.3 is 14.1 Å². The van der Waals surface area contributed by atoms with E-state index in [9.17, 15) is 9.90 Å². The number of carboxylic acids is 1. The van der Waals surface area contributed by atoms with E-state index in [1.54, 1.807) is 18.4 Å². The molecule has 2 aromatic heterocycles. The lowest BCUT2D eigenvalue weighted by atomic mass is 9.98. The molecule has 5 rings (SSSR count). The van der Waals surface area contributed by atoms with Gasteiger partial charge in [-0.1, -0.05) is 49.4 Å². The first-order chi connectivity index (χ1) is 16.9. The summed E-state index contributed by atoms with van der Waals surface area (Å²) in [5.41, 5.74) is 8.04. The number of hydrogen-bond donors (Lipinski definition) is 1. The molecule has 0 fully saturated rings. The van der Waals surface area contributed by atoms with Crippen LogP contribution in [-0.2, 0) is 13.0 Å². The van der Waals surface area contributed by atoms with Gasteiger partial charge in [-0.3, -0.25) is 0 Å². The highest BCUT2D eigenvalue weighted by atomic mass is 16.4. The van der Waals surface area contributed by atoms with E-state index in [1.807, 2.05) is 31.2 Å². The number of benzene rings is 3. The van der Waals surface area contributed by atoms with E-state index in [2.05, 4.69) is 47.7 Å². The second-order valence-electron chi connectivity index (χ2n) is 8.82. The summed E-state index contributed by atoms with van der Waals surface area (Å²) in [6.45, 7) is 6.76. The average molecular weight is 466 g/mol. The second kappa shape index (κ2) is 9.22. The van der Waals surface area contributed by atoms with Crippen molar-refractivity contribution in [3.05, 3.63) is 95.3 Å². The van der Waals surface area contributed by atoms with Gasteiger partial charge in [-0.25, -0.2) is 14.8 Å². The van der Waals surface area contributed by atoms with Crippen LogP contribution < -0.4 is 0 Å². The summed E-state index contributed by atoms with van der Waals surface area (Å²) in [4.78, 5) is 21.1.